The van der Waals surface area contributed by atoms with E-state index >= 15 is 0 Å². The molecule has 0 saturated heterocycles. The molecule has 24 heavy (non-hydrogen) atoms. The molecule has 0 spiro atoms. The fourth-order valence-electron chi connectivity index (χ4n) is 3.84. The van der Waals surface area contributed by atoms with Crippen molar-refractivity contribution in [3.63, 3.8) is 0 Å². The van der Waals surface area contributed by atoms with Gasteiger partial charge in [0, 0.05) is 0 Å². The molecule has 1 aliphatic rings. The molecule has 0 atom stereocenters. The third-order valence-corrected chi connectivity index (χ3v) is 5.32. The van der Waals surface area contributed by atoms with Gasteiger partial charge in [0.2, 0.25) is 0 Å². The van der Waals surface area contributed by atoms with Crippen LogP contribution in [-0.2, 0) is 0 Å². The van der Waals surface area contributed by atoms with E-state index in [-0.39, 0.29) is 6.67 Å². The molecule has 1 aliphatic carbocycles. The average Bonchev–Trinajstić information content (AvgIpc) is 2.67. The van der Waals surface area contributed by atoms with Crippen molar-refractivity contribution in [3.8, 4) is 17.2 Å². The highest BCUT2D eigenvalue weighted by Crippen LogP contribution is 2.38. The van der Waals surface area contributed by atoms with E-state index in [2.05, 4.69) is 30.3 Å². The van der Waals surface area contributed by atoms with Crippen molar-refractivity contribution < 1.29 is 4.39 Å². The molecule has 1 saturated carbocycles. The van der Waals surface area contributed by atoms with Gasteiger partial charge in [0.1, 0.15) is 0 Å². The second-order valence-corrected chi connectivity index (χ2v) is 6.86. The molecule has 0 unspecified atom stereocenters. The smallest absolute Gasteiger partial charge is 0.0991 e. The first-order valence-corrected chi connectivity index (χ1v) is 8.96. The molecular weight excluding hydrogens is 297 g/mol. The van der Waals surface area contributed by atoms with Crippen molar-refractivity contribution >= 4 is 0 Å². The minimum absolute atomic E-state index is 0.170. The fourth-order valence-corrected chi connectivity index (χ4v) is 3.84. The molecule has 1 fully saturated rings. The lowest BCUT2D eigenvalue weighted by molar-refractivity contribution is 0.293. The van der Waals surface area contributed by atoms with Crippen LogP contribution in [0.2, 0.25) is 0 Å². The third kappa shape index (κ3) is 4.03. The van der Waals surface area contributed by atoms with Crippen molar-refractivity contribution in [2.75, 3.05) is 6.67 Å². The van der Waals surface area contributed by atoms with E-state index in [0.29, 0.717) is 11.5 Å². The van der Waals surface area contributed by atoms with Gasteiger partial charge in [-0.25, -0.2) is 0 Å². The number of hydrogen-bond acceptors (Lipinski definition) is 1. The first-order chi connectivity index (χ1) is 11.8. The zero-order valence-electron chi connectivity index (χ0n) is 14.0. The Morgan fingerprint density at radius 1 is 0.875 bits per heavy atom. The summed E-state index contributed by atoms with van der Waals surface area (Å²) in [5.41, 5.74) is 4.46. The van der Waals surface area contributed by atoms with Crippen molar-refractivity contribution in [1.29, 1.82) is 5.26 Å². The van der Waals surface area contributed by atoms with E-state index < -0.39 is 0 Å². The monoisotopic (exact) mass is 321 g/mol. The predicted octanol–water partition coefficient (Wildman–Crippen LogP) is 6.25. The number of nitriles is 1. The van der Waals surface area contributed by atoms with Gasteiger partial charge in [0.25, 0.3) is 0 Å². The Hall–Kier alpha value is -2.14. The third-order valence-electron chi connectivity index (χ3n) is 5.32. The summed E-state index contributed by atoms with van der Waals surface area (Å²) in [6, 6.07) is 18.8. The molecule has 0 aliphatic heterocycles. The van der Waals surface area contributed by atoms with E-state index in [1.165, 1.54) is 36.8 Å². The normalized spacial score (nSPS) is 20.5. The van der Waals surface area contributed by atoms with Crippen molar-refractivity contribution in [2.24, 2.45) is 5.92 Å². The maximum atomic E-state index is 12.3. The van der Waals surface area contributed by atoms with Crippen LogP contribution < -0.4 is 0 Å². The van der Waals surface area contributed by atoms with Crippen LogP contribution in [0.15, 0.2) is 48.5 Å². The highest BCUT2D eigenvalue weighted by Gasteiger charge is 2.22. The largest absolute Gasteiger partial charge is 0.251 e. The van der Waals surface area contributed by atoms with Gasteiger partial charge in [0.15, 0.2) is 0 Å². The summed E-state index contributed by atoms with van der Waals surface area (Å²) in [4.78, 5) is 0. The number of nitrogens with zero attached hydrogens (tertiary/aromatic N) is 1. The second kappa shape index (κ2) is 8.11. The van der Waals surface area contributed by atoms with Crippen molar-refractivity contribution in [3.05, 3.63) is 59.7 Å². The number of rotatable bonds is 5. The number of alkyl halides is 1. The Balaban J connectivity index is 1.61. The highest BCUT2D eigenvalue weighted by atomic mass is 19.1. The Labute approximate surface area is 144 Å². The first kappa shape index (κ1) is 16.7. The summed E-state index contributed by atoms with van der Waals surface area (Å²) < 4.78 is 12.3. The standard InChI is InChI=1S/C22H24FN/c23-15-1-2-17-3-7-19(8-4-17)21-11-13-22(14-12-21)20-9-5-18(16-24)6-10-20/h5-6,9-14,17,19H,1-4,7-8,15H2. The minimum Gasteiger partial charge on any atom is -0.251 e. The minimum atomic E-state index is -0.170. The van der Waals surface area contributed by atoms with E-state index in [1.807, 2.05) is 24.3 Å². The van der Waals surface area contributed by atoms with Gasteiger partial charge in [-0.05, 0) is 79.2 Å². The molecule has 0 aromatic heterocycles. The van der Waals surface area contributed by atoms with Crippen LogP contribution >= 0.6 is 0 Å². The van der Waals surface area contributed by atoms with E-state index in [4.69, 9.17) is 5.26 Å². The lowest BCUT2D eigenvalue weighted by Crippen LogP contribution is -2.13. The van der Waals surface area contributed by atoms with Gasteiger partial charge in [-0.15, -0.1) is 0 Å². The SMILES string of the molecule is N#Cc1ccc(-c2ccc(C3CCC(CCCF)CC3)cc2)cc1. The fraction of sp³-hybridized carbons (Fsp3) is 0.409. The van der Waals surface area contributed by atoms with Gasteiger partial charge in [-0.2, -0.15) is 5.26 Å². The summed E-state index contributed by atoms with van der Waals surface area (Å²) in [5, 5.41) is 8.88. The van der Waals surface area contributed by atoms with Gasteiger partial charge in [-0.3, -0.25) is 4.39 Å². The second-order valence-electron chi connectivity index (χ2n) is 6.86. The van der Waals surface area contributed by atoms with Gasteiger partial charge >= 0.3 is 0 Å². The highest BCUT2D eigenvalue weighted by molar-refractivity contribution is 5.64. The molecule has 0 bridgehead atoms. The summed E-state index contributed by atoms with van der Waals surface area (Å²) in [6.45, 7) is -0.170. The van der Waals surface area contributed by atoms with Crippen LogP contribution in [0.25, 0.3) is 11.1 Å². The van der Waals surface area contributed by atoms with Crippen molar-refractivity contribution in [2.45, 2.75) is 44.4 Å². The lowest BCUT2D eigenvalue weighted by atomic mass is 9.77. The Morgan fingerprint density at radius 2 is 1.46 bits per heavy atom. The molecule has 2 heteroatoms. The number of benzene rings is 2. The van der Waals surface area contributed by atoms with Crippen LogP contribution in [0.3, 0.4) is 0 Å². The van der Waals surface area contributed by atoms with Crippen LogP contribution in [0.1, 0.15) is 55.6 Å². The molecule has 124 valence electrons. The van der Waals surface area contributed by atoms with Crippen LogP contribution in [0.5, 0.6) is 0 Å². The van der Waals surface area contributed by atoms with Crippen LogP contribution in [0.4, 0.5) is 4.39 Å². The molecular formula is C22H24FN. The van der Waals surface area contributed by atoms with E-state index in [1.54, 1.807) is 0 Å². The molecule has 2 aromatic rings. The zero-order valence-corrected chi connectivity index (χ0v) is 14.0. The molecule has 3 rings (SSSR count). The molecule has 1 nitrogen and oxygen atoms in total. The number of halogens is 1. The predicted molar refractivity (Wildman–Crippen MR) is 96.5 cm³/mol. The molecule has 0 radical (unpaired) electrons. The average molecular weight is 321 g/mol. The number of hydrogen-bond donors (Lipinski definition) is 0. The molecule has 0 amide bonds. The Morgan fingerprint density at radius 3 is 2.00 bits per heavy atom. The molecule has 0 heterocycles. The van der Waals surface area contributed by atoms with E-state index in [9.17, 15) is 4.39 Å². The Bertz CT molecular complexity index is 673. The molecule has 2 aromatic carbocycles. The lowest BCUT2D eigenvalue weighted by Gasteiger charge is -2.28. The summed E-state index contributed by atoms with van der Waals surface area (Å²) in [5.74, 6) is 1.39. The van der Waals surface area contributed by atoms with Gasteiger partial charge in [0.05, 0.1) is 18.3 Å². The van der Waals surface area contributed by atoms with Gasteiger partial charge in [-0.1, -0.05) is 36.4 Å². The molecule has 0 N–H and O–H groups in total. The maximum absolute atomic E-state index is 12.3. The van der Waals surface area contributed by atoms with E-state index in [0.717, 1.165) is 24.3 Å². The summed E-state index contributed by atoms with van der Waals surface area (Å²) in [7, 11) is 0. The summed E-state index contributed by atoms with van der Waals surface area (Å²) >= 11 is 0. The van der Waals surface area contributed by atoms with Crippen LogP contribution in [-0.4, -0.2) is 6.67 Å². The Kier molecular flexibility index (Phi) is 5.64. The van der Waals surface area contributed by atoms with Crippen LogP contribution in [0, 0.1) is 17.2 Å². The van der Waals surface area contributed by atoms with Gasteiger partial charge < -0.3 is 0 Å². The summed E-state index contributed by atoms with van der Waals surface area (Å²) in [6.07, 6.45) is 6.72. The topological polar surface area (TPSA) is 23.8 Å². The maximum Gasteiger partial charge on any atom is 0.0991 e. The van der Waals surface area contributed by atoms with Crippen molar-refractivity contribution in [1.82, 2.24) is 0 Å². The zero-order chi connectivity index (χ0) is 16.8. The first-order valence-electron chi connectivity index (χ1n) is 8.96. The quantitative estimate of drug-likeness (QED) is 0.638.